The maximum atomic E-state index is 13.2. The molecule has 0 amide bonds. The number of carbonyl (C=O) groups is 2. The Kier molecular flexibility index (Phi) is 12.3. The fourth-order valence-electron chi connectivity index (χ4n) is 6.32. The van der Waals surface area contributed by atoms with Crippen LogP contribution in [-0.4, -0.2) is 81.7 Å². The predicted molar refractivity (Wildman–Crippen MR) is 187 cm³/mol. The molecule has 2 aliphatic rings. The van der Waals surface area contributed by atoms with Gasteiger partial charge in [0.15, 0.2) is 6.10 Å². The van der Waals surface area contributed by atoms with Crippen molar-refractivity contribution in [3.8, 4) is 11.8 Å². The van der Waals surface area contributed by atoms with Gasteiger partial charge in [0.1, 0.15) is 36.6 Å². The second-order valence-corrected chi connectivity index (χ2v) is 15.7. The van der Waals surface area contributed by atoms with E-state index in [0.29, 0.717) is 12.0 Å². The van der Waals surface area contributed by atoms with Gasteiger partial charge in [-0.2, -0.15) is 0 Å². The molecule has 0 radical (unpaired) electrons. The molecule has 0 saturated carbocycles. The van der Waals surface area contributed by atoms with Crippen molar-refractivity contribution in [2.75, 3.05) is 6.61 Å². The summed E-state index contributed by atoms with van der Waals surface area (Å²) in [6.45, 7) is 18.0. The summed E-state index contributed by atoms with van der Waals surface area (Å²) in [5.74, 6) is 5.32. The number of benzene rings is 2. The Morgan fingerprint density at radius 2 is 1.18 bits per heavy atom. The van der Waals surface area contributed by atoms with E-state index in [1.165, 1.54) is 0 Å². The molecule has 4 N–H and O–H groups in total. The van der Waals surface area contributed by atoms with E-state index in [0.717, 1.165) is 27.8 Å². The second kappa shape index (κ2) is 15.5. The number of esters is 2. The molecule has 0 aliphatic carbocycles. The summed E-state index contributed by atoms with van der Waals surface area (Å²) < 4.78 is 24.5. The van der Waals surface area contributed by atoms with Crippen molar-refractivity contribution in [1.29, 1.82) is 0 Å². The van der Waals surface area contributed by atoms with Gasteiger partial charge in [-0.3, -0.25) is 9.59 Å². The minimum atomic E-state index is -1.46. The van der Waals surface area contributed by atoms with Crippen molar-refractivity contribution in [3.05, 3.63) is 69.8 Å². The van der Waals surface area contributed by atoms with Gasteiger partial charge in [-0.25, -0.2) is 0 Å². The molecule has 0 bridgehead atoms. The molecule has 0 aromatic heterocycles. The number of carbonyl (C=O) groups excluding carboxylic acids is 2. The standard InChI is InChI=1S/C40H54O10/c1-11-28-36(50-38(46)40(8,9)10)34(49-37(45)39(5,6)7)23(4)33(47-28)26-16-14-24(18-21(26)2)12-13-25-15-17-27(22(3)19-25)35-32(44)31(43)30(42)29(20-41)48-35/h14-19,23,28-36,41-44H,11,20H2,1-10H3/t23-,28-,29-,30-,31+,32+,33+,34-,35-,36-/m1/s1. The van der Waals surface area contributed by atoms with E-state index >= 15 is 0 Å². The number of hydrogen-bond acceptors (Lipinski definition) is 10. The molecule has 10 heteroatoms. The van der Waals surface area contributed by atoms with Gasteiger partial charge >= 0.3 is 11.9 Å². The van der Waals surface area contributed by atoms with Crippen molar-refractivity contribution in [2.24, 2.45) is 16.7 Å². The Morgan fingerprint density at radius 1 is 0.720 bits per heavy atom. The lowest BCUT2D eigenvalue weighted by atomic mass is 9.82. The van der Waals surface area contributed by atoms with E-state index in [9.17, 15) is 30.0 Å². The van der Waals surface area contributed by atoms with Crippen LogP contribution in [0.25, 0.3) is 0 Å². The molecule has 4 rings (SSSR count). The minimum Gasteiger partial charge on any atom is -0.458 e. The Labute approximate surface area is 296 Å². The van der Waals surface area contributed by atoms with Crippen molar-refractivity contribution in [3.63, 3.8) is 0 Å². The van der Waals surface area contributed by atoms with Crippen LogP contribution in [0, 0.1) is 42.4 Å². The third kappa shape index (κ3) is 8.59. The molecular formula is C40H54O10. The fraction of sp³-hybridized carbons (Fsp3) is 0.600. The van der Waals surface area contributed by atoms with Gasteiger partial charge in [0.2, 0.25) is 0 Å². The first-order valence-corrected chi connectivity index (χ1v) is 17.4. The number of rotatable bonds is 6. The minimum absolute atomic E-state index is 0.331. The summed E-state index contributed by atoms with van der Waals surface area (Å²) in [6.07, 6.45) is -8.00. The first-order chi connectivity index (χ1) is 23.3. The second-order valence-electron chi connectivity index (χ2n) is 15.7. The van der Waals surface area contributed by atoms with Gasteiger partial charge in [0, 0.05) is 17.0 Å². The molecule has 274 valence electrons. The van der Waals surface area contributed by atoms with Crippen LogP contribution in [-0.2, 0) is 28.5 Å². The number of hydrogen-bond donors (Lipinski definition) is 4. The highest BCUT2D eigenvalue weighted by Gasteiger charge is 2.50. The SMILES string of the molecule is CC[C@H]1O[C@H](c2ccc(C#Cc3ccc([C@H]4O[C@H](CO)[C@@H](O)[C@H](O)[C@@H]4O)c(C)c3)cc2C)[C@@H](C)[C@@H](OC(=O)C(C)(C)C)[C@@H]1OC(=O)C(C)(C)C. The van der Waals surface area contributed by atoms with Crippen molar-refractivity contribution in [1.82, 2.24) is 0 Å². The zero-order chi connectivity index (χ0) is 37.3. The van der Waals surface area contributed by atoms with Gasteiger partial charge in [0.05, 0.1) is 29.6 Å². The number of ether oxygens (including phenoxy) is 4. The van der Waals surface area contributed by atoms with Crippen molar-refractivity contribution < 1.29 is 49.0 Å². The quantitative estimate of drug-likeness (QED) is 0.249. The van der Waals surface area contributed by atoms with Crippen LogP contribution >= 0.6 is 0 Å². The molecule has 10 nitrogen and oxygen atoms in total. The van der Waals surface area contributed by atoms with Gasteiger partial charge < -0.3 is 39.4 Å². The summed E-state index contributed by atoms with van der Waals surface area (Å²) in [5.41, 5.74) is 3.30. The monoisotopic (exact) mass is 694 g/mol. The largest absolute Gasteiger partial charge is 0.458 e. The zero-order valence-electron chi connectivity index (χ0n) is 30.9. The third-order valence-electron chi connectivity index (χ3n) is 9.52. The first-order valence-electron chi connectivity index (χ1n) is 17.4. The van der Waals surface area contributed by atoms with Crippen LogP contribution in [0.3, 0.4) is 0 Å². The van der Waals surface area contributed by atoms with Gasteiger partial charge in [0.25, 0.3) is 0 Å². The topological polar surface area (TPSA) is 152 Å². The van der Waals surface area contributed by atoms with E-state index in [1.807, 2.05) is 52.0 Å². The fourth-order valence-corrected chi connectivity index (χ4v) is 6.32. The van der Waals surface area contributed by atoms with E-state index < -0.39 is 72.4 Å². The van der Waals surface area contributed by atoms with Crippen LogP contribution < -0.4 is 0 Å². The van der Waals surface area contributed by atoms with Crippen LogP contribution in [0.4, 0.5) is 0 Å². The molecule has 2 saturated heterocycles. The average Bonchev–Trinajstić information content (AvgIpc) is 3.04. The molecule has 2 aliphatic heterocycles. The van der Waals surface area contributed by atoms with Gasteiger partial charge in [-0.1, -0.05) is 37.8 Å². The molecule has 50 heavy (non-hydrogen) atoms. The molecule has 2 aromatic carbocycles. The molecule has 2 aromatic rings. The lowest BCUT2D eigenvalue weighted by Crippen LogP contribution is -2.55. The Morgan fingerprint density at radius 3 is 1.62 bits per heavy atom. The third-order valence-corrected chi connectivity index (χ3v) is 9.52. The predicted octanol–water partition coefficient (Wildman–Crippen LogP) is 4.62. The maximum Gasteiger partial charge on any atom is 0.311 e. The molecule has 10 atom stereocenters. The smallest absolute Gasteiger partial charge is 0.311 e. The molecule has 2 fully saturated rings. The average molecular weight is 695 g/mol. The lowest BCUT2D eigenvalue weighted by molar-refractivity contribution is -0.233. The zero-order valence-corrected chi connectivity index (χ0v) is 30.9. The first kappa shape index (κ1) is 39.5. The van der Waals surface area contributed by atoms with E-state index in [2.05, 4.69) is 11.8 Å². The molecular weight excluding hydrogens is 640 g/mol. The van der Waals surface area contributed by atoms with Crippen LogP contribution in [0.1, 0.15) is 107 Å². The van der Waals surface area contributed by atoms with Crippen LogP contribution in [0.5, 0.6) is 0 Å². The Bertz CT molecular complexity index is 1590. The van der Waals surface area contributed by atoms with E-state index in [1.54, 1.807) is 53.7 Å². The summed E-state index contributed by atoms with van der Waals surface area (Å²) in [4.78, 5) is 26.2. The molecule has 0 unspecified atom stereocenters. The van der Waals surface area contributed by atoms with Crippen molar-refractivity contribution in [2.45, 2.75) is 131 Å². The Balaban J connectivity index is 1.58. The van der Waals surface area contributed by atoms with Gasteiger partial charge in [-0.15, -0.1) is 0 Å². The highest BCUT2D eigenvalue weighted by molar-refractivity contribution is 5.76. The van der Waals surface area contributed by atoms with Crippen molar-refractivity contribution >= 4 is 11.9 Å². The summed E-state index contributed by atoms with van der Waals surface area (Å²) >= 11 is 0. The van der Waals surface area contributed by atoms with E-state index in [4.69, 9.17) is 18.9 Å². The van der Waals surface area contributed by atoms with Crippen LogP contribution in [0.2, 0.25) is 0 Å². The Hall–Kier alpha value is -3.30. The maximum absolute atomic E-state index is 13.2. The summed E-state index contributed by atoms with van der Waals surface area (Å²) in [6, 6.07) is 11.3. The highest BCUT2D eigenvalue weighted by Crippen LogP contribution is 2.42. The number of aliphatic hydroxyl groups is 4. The van der Waals surface area contributed by atoms with Crippen LogP contribution in [0.15, 0.2) is 36.4 Å². The number of aryl methyl sites for hydroxylation is 2. The normalized spacial score (nSPS) is 30.2. The number of aliphatic hydroxyl groups excluding tert-OH is 4. The van der Waals surface area contributed by atoms with E-state index in [-0.39, 0.29) is 17.9 Å². The highest BCUT2D eigenvalue weighted by atomic mass is 16.6. The summed E-state index contributed by atoms with van der Waals surface area (Å²) in [5, 5.41) is 40.5. The summed E-state index contributed by atoms with van der Waals surface area (Å²) in [7, 11) is 0. The molecule has 0 spiro atoms. The van der Waals surface area contributed by atoms with Gasteiger partial charge in [-0.05, 0) is 108 Å². The lowest BCUT2D eigenvalue weighted by Gasteiger charge is -2.46. The molecule has 2 heterocycles.